The minimum atomic E-state index is 0.115. The summed E-state index contributed by atoms with van der Waals surface area (Å²) in [5.74, 6) is 0. The number of fused-ring (bicyclic) bond motifs is 2. The zero-order chi connectivity index (χ0) is 11.8. The minimum Gasteiger partial charge on any atom is -0.289 e. The normalized spacial score (nSPS) is 10.8. The van der Waals surface area contributed by atoms with E-state index in [1.807, 2.05) is 56.4 Å². The molecule has 3 aromatic rings. The maximum absolute atomic E-state index is 12.4. The van der Waals surface area contributed by atoms with E-state index < -0.39 is 0 Å². The number of benzene rings is 2. The van der Waals surface area contributed by atoms with E-state index in [-0.39, 0.29) is 5.43 Å². The Bertz CT molecular complexity index is 778. The third-order valence-electron chi connectivity index (χ3n) is 3.17. The van der Waals surface area contributed by atoms with E-state index in [0.717, 1.165) is 27.0 Å². The van der Waals surface area contributed by atoms with Crippen molar-refractivity contribution in [1.29, 1.82) is 0 Å². The maximum Gasteiger partial charge on any atom is 0.194 e. The molecule has 0 atom stereocenters. The monoisotopic (exact) mass is 218 g/mol. The van der Waals surface area contributed by atoms with Crippen LogP contribution in [-0.2, 0) is 0 Å². The lowest BCUT2D eigenvalue weighted by Crippen LogP contribution is -2.02. The van der Waals surface area contributed by atoms with Gasteiger partial charge in [-0.15, -0.1) is 0 Å². The number of hydrogen-bond donors (Lipinski definition) is 0. The summed E-state index contributed by atoms with van der Waals surface area (Å²) in [5, 5.41) is 3.63. The molecule has 0 aliphatic heterocycles. The van der Waals surface area contributed by atoms with Gasteiger partial charge in [0.1, 0.15) is 7.85 Å². The molecule has 0 bridgehead atoms. The molecule has 0 saturated heterocycles. The topological polar surface area (TPSA) is 17.1 Å². The number of hydrogen-bond acceptors (Lipinski definition) is 1. The average molecular weight is 218 g/mol. The third kappa shape index (κ3) is 1.53. The highest BCUT2D eigenvalue weighted by molar-refractivity contribution is 6.39. The van der Waals surface area contributed by atoms with Gasteiger partial charge in [-0.1, -0.05) is 60.1 Å². The van der Waals surface area contributed by atoms with Crippen molar-refractivity contribution in [3.63, 3.8) is 0 Å². The Hall–Kier alpha value is -2.09. The molecule has 0 radical (unpaired) electrons. The fourth-order valence-electron chi connectivity index (χ4n) is 2.31. The van der Waals surface area contributed by atoms with Gasteiger partial charge in [0.25, 0.3) is 0 Å². The second kappa shape index (κ2) is 3.74. The largest absolute Gasteiger partial charge is 0.289 e. The first kappa shape index (κ1) is 10.1. The summed E-state index contributed by atoms with van der Waals surface area (Å²) in [6.07, 6.45) is 0. The maximum atomic E-state index is 12.4. The van der Waals surface area contributed by atoms with Crippen molar-refractivity contribution in [3.8, 4) is 0 Å². The lowest BCUT2D eigenvalue weighted by atomic mass is 9.92. The first-order valence-corrected chi connectivity index (χ1v) is 5.69. The fraction of sp³-hybridized carbons (Fsp3) is 0. The summed E-state index contributed by atoms with van der Waals surface area (Å²) in [5.41, 5.74) is 1.25. The highest BCUT2D eigenvalue weighted by atomic mass is 16.1. The standard InChI is InChI=1S/C15H11BO/c16-14-9-10-5-1-2-6-11(10)15(17)13-8-4-3-7-12(13)14/h1-9H,16H2. The van der Waals surface area contributed by atoms with Crippen molar-refractivity contribution in [2.45, 2.75) is 0 Å². The SMILES string of the molecule is Bc1cc2ccccc2c(=O)c2ccccc12. The first-order chi connectivity index (χ1) is 8.27. The van der Waals surface area contributed by atoms with E-state index in [1.165, 1.54) is 0 Å². The molecule has 0 spiro atoms. The van der Waals surface area contributed by atoms with Crippen LogP contribution in [0.5, 0.6) is 0 Å². The van der Waals surface area contributed by atoms with Crippen molar-refractivity contribution < 1.29 is 0 Å². The summed E-state index contributed by atoms with van der Waals surface area (Å²) >= 11 is 0. The highest BCUT2D eigenvalue weighted by Gasteiger charge is 2.03. The van der Waals surface area contributed by atoms with Gasteiger partial charge in [-0.25, -0.2) is 0 Å². The summed E-state index contributed by atoms with van der Waals surface area (Å²) in [4.78, 5) is 12.4. The Labute approximate surface area is 100 Å². The van der Waals surface area contributed by atoms with E-state index in [9.17, 15) is 4.79 Å². The second-order valence-corrected chi connectivity index (χ2v) is 4.29. The molecule has 0 amide bonds. The van der Waals surface area contributed by atoms with Crippen LogP contribution in [0.2, 0.25) is 0 Å². The minimum absolute atomic E-state index is 0.115. The van der Waals surface area contributed by atoms with Gasteiger partial charge in [0.15, 0.2) is 5.43 Å². The molecule has 1 nitrogen and oxygen atoms in total. The molecule has 0 aliphatic carbocycles. The smallest absolute Gasteiger partial charge is 0.194 e. The molecule has 0 heterocycles. The van der Waals surface area contributed by atoms with Gasteiger partial charge in [0, 0.05) is 10.8 Å². The van der Waals surface area contributed by atoms with Crippen LogP contribution in [0, 0.1) is 0 Å². The van der Waals surface area contributed by atoms with Crippen LogP contribution in [0.1, 0.15) is 0 Å². The molecule has 0 unspecified atom stereocenters. The number of rotatable bonds is 0. The van der Waals surface area contributed by atoms with E-state index in [2.05, 4.69) is 6.07 Å². The van der Waals surface area contributed by atoms with Crippen LogP contribution < -0.4 is 10.9 Å². The molecular weight excluding hydrogens is 207 g/mol. The van der Waals surface area contributed by atoms with E-state index >= 15 is 0 Å². The third-order valence-corrected chi connectivity index (χ3v) is 3.17. The molecule has 17 heavy (non-hydrogen) atoms. The van der Waals surface area contributed by atoms with Crippen molar-refractivity contribution in [3.05, 3.63) is 64.8 Å². The molecule has 0 N–H and O–H groups in total. The van der Waals surface area contributed by atoms with E-state index in [1.54, 1.807) is 0 Å². The first-order valence-electron chi connectivity index (χ1n) is 5.69. The van der Waals surface area contributed by atoms with Gasteiger partial charge < -0.3 is 0 Å². The summed E-state index contributed by atoms with van der Waals surface area (Å²) < 4.78 is 0. The molecule has 0 saturated carbocycles. The Morgan fingerprint density at radius 3 is 2.12 bits per heavy atom. The van der Waals surface area contributed by atoms with Crippen LogP contribution in [0.15, 0.2) is 59.4 Å². The van der Waals surface area contributed by atoms with Crippen LogP contribution in [-0.4, -0.2) is 7.85 Å². The van der Waals surface area contributed by atoms with Gasteiger partial charge >= 0.3 is 0 Å². The summed E-state index contributed by atoms with van der Waals surface area (Å²) in [6, 6.07) is 17.6. The van der Waals surface area contributed by atoms with E-state index in [0.29, 0.717) is 0 Å². The quantitative estimate of drug-likeness (QED) is 0.524. The average Bonchev–Trinajstić information content (AvgIpc) is 2.48. The molecule has 80 valence electrons. The zero-order valence-corrected chi connectivity index (χ0v) is 9.60. The van der Waals surface area contributed by atoms with Crippen LogP contribution in [0.4, 0.5) is 0 Å². The predicted molar refractivity (Wildman–Crippen MR) is 75.9 cm³/mol. The molecule has 0 aliphatic rings. The second-order valence-electron chi connectivity index (χ2n) is 4.29. The Morgan fingerprint density at radius 1 is 0.765 bits per heavy atom. The van der Waals surface area contributed by atoms with Gasteiger partial charge in [-0.2, -0.15) is 0 Å². The van der Waals surface area contributed by atoms with Gasteiger partial charge in [-0.05, 0) is 10.8 Å². The Kier molecular flexibility index (Phi) is 2.22. The van der Waals surface area contributed by atoms with Crippen LogP contribution in [0.25, 0.3) is 21.5 Å². The lowest BCUT2D eigenvalue weighted by Gasteiger charge is -1.93. The lowest BCUT2D eigenvalue weighted by molar-refractivity contribution is 1.75. The van der Waals surface area contributed by atoms with Crippen LogP contribution >= 0.6 is 0 Å². The highest BCUT2D eigenvalue weighted by Crippen LogP contribution is 2.12. The van der Waals surface area contributed by atoms with Crippen molar-refractivity contribution in [1.82, 2.24) is 0 Å². The zero-order valence-electron chi connectivity index (χ0n) is 9.60. The predicted octanol–water partition coefficient (Wildman–Crippen LogP) is 1.61. The molecule has 0 fully saturated rings. The summed E-state index contributed by atoms with van der Waals surface area (Å²) in [6.45, 7) is 0. The van der Waals surface area contributed by atoms with E-state index in [4.69, 9.17) is 0 Å². The summed E-state index contributed by atoms with van der Waals surface area (Å²) in [7, 11) is 2.05. The van der Waals surface area contributed by atoms with Crippen molar-refractivity contribution in [2.75, 3.05) is 0 Å². The van der Waals surface area contributed by atoms with Gasteiger partial charge in [0.05, 0.1) is 0 Å². The van der Waals surface area contributed by atoms with Crippen molar-refractivity contribution >= 4 is 34.9 Å². The van der Waals surface area contributed by atoms with Gasteiger partial charge in [0.2, 0.25) is 0 Å². The fourth-order valence-corrected chi connectivity index (χ4v) is 2.31. The van der Waals surface area contributed by atoms with Crippen LogP contribution in [0.3, 0.4) is 0 Å². The molecule has 3 aromatic carbocycles. The molecule has 3 rings (SSSR count). The molecule has 0 aromatic heterocycles. The van der Waals surface area contributed by atoms with Gasteiger partial charge in [-0.3, -0.25) is 4.79 Å². The molecule has 2 heteroatoms. The Morgan fingerprint density at radius 2 is 1.35 bits per heavy atom. The molecular formula is C15H11BO. The van der Waals surface area contributed by atoms with Crippen molar-refractivity contribution in [2.24, 2.45) is 0 Å². The Balaban J connectivity index is 2.73.